The molecule has 8 nitrogen and oxygen atoms in total. The second-order valence-corrected chi connectivity index (χ2v) is 9.51. The first kappa shape index (κ1) is 25.0. The Balaban J connectivity index is 1.54. The quantitative estimate of drug-likeness (QED) is 0.544. The maximum atomic E-state index is 12.3. The van der Waals surface area contributed by atoms with Crippen LogP contribution < -0.4 is 10.6 Å². The number of halogens is 2. The lowest BCUT2D eigenvalue weighted by atomic mass is 9.88. The number of hydrogen-bond acceptors (Lipinski definition) is 7. The zero-order valence-electron chi connectivity index (χ0n) is 18.0. The molecule has 0 radical (unpaired) electrons. The fourth-order valence-corrected chi connectivity index (χ4v) is 5.35. The standard InChI is InChI=1S/C22H22Cl2N2O6S/c1-11-3-5-14-16(7-11)33-21(19(14)22(30)31-2)26-17(27)10-32-18(28)9-25-20(29)13-6-4-12(23)8-15(13)24/h4,6,8,11H,3,5,7,9-10H2,1-2H3,(H,25,29)(H,26,27). The van der Waals surface area contributed by atoms with Crippen LogP contribution in [0, 0.1) is 5.92 Å². The second kappa shape index (κ2) is 11.0. The first-order chi connectivity index (χ1) is 15.7. The number of nitrogens with one attached hydrogen (secondary N) is 2. The van der Waals surface area contributed by atoms with Gasteiger partial charge < -0.3 is 20.1 Å². The first-order valence-corrected chi connectivity index (χ1v) is 11.7. The van der Waals surface area contributed by atoms with Crippen LogP contribution in [0.1, 0.15) is 44.5 Å². The highest BCUT2D eigenvalue weighted by Gasteiger charge is 2.29. The fraction of sp³-hybridized carbons (Fsp3) is 0.364. The highest BCUT2D eigenvalue weighted by Crippen LogP contribution is 2.40. The van der Waals surface area contributed by atoms with Gasteiger partial charge in [0, 0.05) is 9.90 Å². The van der Waals surface area contributed by atoms with Gasteiger partial charge in [-0.15, -0.1) is 11.3 Å². The number of carbonyl (C=O) groups excluding carboxylic acids is 4. The molecule has 3 rings (SSSR count). The molecule has 0 saturated heterocycles. The molecule has 1 aromatic carbocycles. The Morgan fingerprint density at radius 2 is 1.97 bits per heavy atom. The van der Waals surface area contributed by atoms with Gasteiger partial charge in [-0.3, -0.25) is 14.4 Å². The lowest BCUT2D eigenvalue weighted by Gasteiger charge is -2.18. The van der Waals surface area contributed by atoms with Crippen molar-refractivity contribution >= 4 is 63.3 Å². The topological polar surface area (TPSA) is 111 Å². The zero-order chi connectivity index (χ0) is 24.1. The van der Waals surface area contributed by atoms with E-state index >= 15 is 0 Å². The summed E-state index contributed by atoms with van der Waals surface area (Å²) in [6, 6.07) is 4.34. The van der Waals surface area contributed by atoms with E-state index in [1.54, 1.807) is 0 Å². The van der Waals surface area contributed by atoms with Crippen LogP contribution in [0.4, 0.5) is 5.00 Å². The number of esters is 2. The minimum Gasteiger partial charge on any atom is -0.465 e. The molecule has 0 bridgehead atoms. The van der Waals surface area contributed by atoms with Crippen molar-refractivity contribution in [2.24, 2.45) is 5.92 Å². The van der Waals surface area contributed by atoms with Crippen molar-refractivity contribution in [3.05, 3.63) is 49.8 Å². The molecule has 0 saturated carbocycles. The Morgan fingerprint density at radius 1 is 1.21 bits per heavy atom. The van der Waals surface area contributed by atoms with Gasteiger partial charge in [0.25, 0.3) is 11.8 Å². The number of thiophene rings is 1. The molecule has 1 aliphatic rings. The summed E-state index contributed by atoms with van der Waals surface area (Å²) < 4.78 is 9.81. The molecule has 33 heavy (non-hydrogen) atoms. The van der Waals surface area contributed by atoms with Gasteiger partial charge in [-0.1, -0.05) is 30.1 Å². The lowest BCUT2D eigenvalue weighted by Crippen LogP contribution is -2.32. The number of carbonyl (C=O) groups is 4. The van der Waals surface area contributed by atoms with Gasteiger partial charge in [-0.25, -0.2) is 4.79 Å². The maximum absolute atomic E-state index is 12.3. The lowest BCUT2D eigenvalue weighted by molar-refractivity contribution is -0.146. The van der Waals surface area contributed by atoms with Crippen LogP contribution in [0.2, 0.25) is 10.0 Å². The molecule has 1 heterocycles. The van der Waals surface area contributed by atoms with E-state index in [0.29, 0.717) is 21.5 Å². The Kier molecular flexibility index (Phi) is 8.34. The summed E-state index contributed by atoms with van der Waals surface area (Å²) in [5.41, 5.74) is 1.41. The second-order valence-electron chi connectivity index (χ2n) is 7.56. The molecule has 2 aromatic rings. The summed E-state index contributed by atoms with van der Waals surface area (Å²) in [5.74, 6) is -2.02. The molecular formula is C22H22Cl2N2O6S. The van der Waals surface area contributed by atoms with Crippen molar-refractivity contribution < 1.29 is 28.7 Å². The van der Waals surface area contributed by atoms with Crippen molar-refractivity contribution in [3.63, 3.8) is 0 Å². The van der Waals surface area contributed by atoms with Crippen LogP contribution in [0.15, 0.2) is 18.2 Å². The summed E-state index contributed by atoms with van der Waals surface area (Å²) in [5, 5.41) is 5.91. The summed E-state index contributed by atoms with van der Waals surface area (Å²) in [4.78, 5) is 49.8. The molecule has 0 aliphatic heterocycles. The third-order valence-corrected chi connectivity index (χ3v) is 6.81. The number of methoxy groups -OCH3 is 1. The Labute approximate surface area is 204 Å². The Hall–Kier alpha value is -2.62. The van der Waals surface area contributed by atoms with Gasteiger partial charge in [0.2, 0.25) is 0 Å². The molecule has 1 aromatic heterocycles. The van der Waals surface area contributed by atoms with Gasteiger partial charge in [0.1, 0.15) is 11.5 Å². The molecule has 1 unspecified atom stereocenters. The van der Waals surface area contributed by atoms with Crippen molar-refractivity contribution in [1.82, 2.24) is 5.32 Å². The average Bonchev–Trinajstić information content (AvgIpc) is 3.12. The fourth-order valence-electron chi connectivity index (χ4n) is 3.44. The summed E-state index contributed by atoms with van der Waals surface area (Å²) in [7, 11) is 1.29. The smallest absolute Gasteiger partial charge is 0.341 e. The third kappa shape index (κ3) is 6.25. The number of amides is 2. The van der Waals surface area contributed by atoms with Gasteiger partial charge in [0.15, 0.2) is 6.61 Å². The third-order valence-electron chi connectivity index (χ3n) is 5.09. The van der Waals surface area contributed by atoms with Crippen LogP contribution in [0.5, 0.6) is 0 Å². The number of fused-ring (bicyclic) bond motifs is 1. The van der Waals surface area contributed by atoms with E-state index in [1.165, 1.54) is 36.6 Å². The summed E-state index contributed by atoms with van der Waals surface area (Å²) in [6.45, 7) is 1.11. The predicted octanol–water partition coefficient (Wildman–Crippen LogP) is 3.88. The van der Waals surface area contributed by atoms with Crippen molar-refractivity contribution in [1.29, 1.82) is 0 Å². The van der Waals surface area contributed by atoms with Crippen LogP contribution >= 0.6 is 34.5 Å². The van der Waals surface area contributed by atoms with Crippen LogP contribution in [-0.2, 0) is 31.9 Å². The maximum Gasteiger partial charge on any atom is 0.341 e. The van der Waals surface area contributed by atoms with E-state index in [1.807, 2.05) is 0 Å². The van der Waals surface area contributed by atoms with E-state index in [4.69, 9.17) is 32.7 Å². The Bertz CT molecular complexity index is 1100. The van der Waals surface area contributed by atoms with E-state index in [9.17, 15) is 19.2 Å². The van der Waals surface area contributed by atoms with Crippen molar-refractivity contribution in [2.45, 2.75) is 26.2 Å². The minimum atomic E-state index is -0.809. The van der Waals surface area contributed by atoms with Crippen molar-refractivity contribution in [2.75, 3.05) is 25.6 Å². The minimum absolute atomic E-state index is 0.141. The highest BCUT2D eigenvalue weighted by atomic mass is 35.5. The normalized spacial score (nSPS) is 14.7. The first-order valence-electron chi connectivity index (χ1n) is 10.1. The van der Waals surface area contributed by atoms with E-state index in [-0.39, 0.29) is 10.6 Å². The van der Waals surface area contributed by atoms with Gasteiger partial charge >= 0.3 is 11.9 Å². The molecule has 0 fully saturated rings. The number of ether oxygens (including phenoxy) is 2. The molecular weight excluding hydrogens is 491 g/mol. The molecule has 176 valence electrons. The molecule has 1 aliphatic carbocycles. The summed E-state index contributed by atoms with van der Waals surface area (Å²) in [6.07, 6.45) is 2.51. The zero-order valence-corrected chi connectivity index (χ0v) is 20.3. The van der Waals surface area contributed by atoms with E-state index < -0.39 is 36.9 Å². The molecule has 2 N–H and O–H groups in total. The molecule has 1 atom stereocenters. The van der Waals surface area contributed by atoms with Crippen molar-refractivity contribution in [3.8, 4) is 0 Å². The van der Waals surface area contributed by atoms with Gasteiger partial charge in [0.05, 0.1) is 23.3 Å². The van der Waals surface area contributed by atoms with Crippen LogP contribution in [0.25, 0.3) is 0 Å². The average molecular weight is 513 g/mol. The number of hydrogen-bond donors (Lipinski definition) is 2. The number of anilines is 1. The predicted molar refractivity (Wildman–Crippen MR) is 125 cm³/mol. The highest BCUT2D eigenvalue weighted by molar-refractivity contribution is 7.17. The number of benzene rings is 1. The van der Waals surface area contributed by atoms with E-state index in [0.717, 1.165) is 29.7 Å². The van der Waals surface area contributed by atoms with Gasteiger partial charge in [-0.05, 0) is 48.9 Å². The van der Waals surface area contributed by atoms with Crippen LogP contribution in [0.3, 0.4) is 0 Å². The monoisotopic (exact) mass is 512 g/mol. The molecule has 2 amide bonds. The van der Waals surface area contributed by atoms with Gasteiger partial charge in [-0.2, -0.15) is 0 Å². The SMILES string of the molecule is COC(=O)c1c(NC(=O)COC(=O)CNC(=O)c2ccc(Cl)cc2Cl)sc2c1CCC(C)C2. The Morgan fingerprint density at radius 3 is 2.67 bits per heavy atom. The largest absolute Gasteiger partial charge is 0.465 e. The molecule has 11 heteroatoms. The molecule has 0 spiro atoms. The van der Waals surface area contributed by atoms with Crippen LogP contribution in [-0.4, -0.2) is 44.0 Å². The summed E-state index contributed by atoms with van der Waals surface area (Å²) >= 11 is 13.1. The number of rotatable bonds is 7. The van der Waals surface area contributed by atoms with E-state index in [2.05, 4.69) is 17.6 Å².